The summed E-state index contributed by atoms with van der Waals surface area (Å²) in [4.78, 5) is -0.0178. The first-order valence-corrected chi connectivity index (χ1v) is 6.66. The van der Waals surface area contributed by atoms with Crippen LogP contribution < -0.4 is 16.2 Å². The van der Waals surface area contributed by atoms with Crippen molar-refractivity contribution < 1.29 is 13.5 Å². The van der Waals surface area contributed by atoms with Crippen molar-refractivity contribution in [2.45, 2.75) is 11.8 Å². The van der Waals surface area contributed by atoms with Gasteiger partial charge in [0.1, 0.15) is 0 Å². The molecule has 0 amide bonds. The summed E-state index contributed by atoms with van der Waals surface area (Å²) >= 11 is 0. The average Bonchev–Trinajstić information content (AvgIpc) is 2.25. The van der Waals surface area contributed by atoms with Gasteiger partial charge in [0.25, 0.3) is 0 Å². The number of benzene rings is 1. The maximum atomic E-state index is 11.1. The van der Waals surface area contributed by atoms with Gasteiger partial charge >= 0.3 is 0 Å². The van der Waals surface area contributed by atoms with E-state index in [-0.39, 0.29) is 17.4 Å². The van der Waals surface area contributed by atoms with Crippen molar-refractivity contribution >= 4 is 21.4 Å². The quantitative estimate of drug-likeness (QED) is 0.553. The zero-order valence-electron chi connectivity index (χ0n) is 9.55. The third-order valence-electron chi connectivity index (χ3n) is 2.30. The zero-order valence-corrected chi connectivity index (χ0v) is 10.4. The van der Waals surface area contributed by atoms with E-state index >= 15 is 0 Å². The molecule has 0 aliphatic carbocycles. The number of nitrogens with one attached hydrogen (secondary N) is 1. The van der Waals surface area contributed by atoms with Crippen LogP contribution in [0.2, 0.25) is 0 Å². The highest BCUT2D eigenvalue weighted by atomic mass is 32.2. The molecule has 0 aliphatic heterocycles. The predicted molar refractivity (Wildman–Crippen MR) is 67.0 cm³/mol. The lowest BCUT2D eigenvalue weighted by molar-refractivity contribution is 0.244. The second-order valence-electron chi connectivity index (χ2n) is 3.96. The lowest BCUT2D eigenvalue weighted by atomic mass is 10.2. The van der Waals surface area contributed by atoms with Crippen LogP contribution >= 0.6 is 0 Å². The molecule has 1 atom stereocenters. The van der Waals surface area contributed by atoms with Crippen LogP contribution in [-0.4, -0.2) is 26.7 Å². The first-order chi connectivity index (χ1) is 7.84. The minimum Gasteiger partial charge on any atom is -0.397 e. The van der Waals surface area contributed by atoms with E-state index in [1.54, 1.807) is 6.07 Å². The summed E-state index contributed by atoms with van der Waals surface area (Å²) < 4.78 is 22.2. The highest BCUT2D eigenvalue weighted by Crippen LogP contribution is 2.22. The third kappa shape index (κ3) is 3.88. The van der Waals surface area contributed by atoms with Gasteiger partial charge in [0, 0.05) is 13.2 Å². The van der Waals surface area contributed by atoms with Gasteiger partial charge in [-0.1, -0.05) is 6.92 Å². The molecule has 6 N–H and O–H groups in total. The van der Waals surface area contributed by atoms with Gasteiger partial charge in [-0.05, 0) is 24.1 Å². The molecule has 0 fully saturated rings. The van der Waals surface area contributed by atoms with Crippen molar-refractivity contribution in [2.75, 3.05) is 24.2 Å². The highest BCUT2D eigenvalue weighted by molar-refractivity contribution is 7.89. The average molecular weight is 259 g/mol. The van der Waals surface area contributed by atoms with Crippen molar-refractivity contribution in [2.24, 2.45) is 11.1 Å². The van der Waals surface area contributed by atoms with Gasteiger partial charge < -0.3 is 16.2 Å². The summed E-state index contributed by atoms with van der Waals surface area (Å²) in [5.74, 6) is 0.0901. The largest absolute Gasteiger partial charge is 0.397 e. The lowest BCUT2D eigenvalue weighted by Gasteiger charge is -2.13. The van der Waals surface area contributed by atoms with Gasteiger partial charge in [0.15, 0.2) is 0 Å². The fraction of sp³-hybridized carbons (Fsp3) is 0.400. The zero-order chi connectivity index (χ0) is 13.1. The molecule has 0 bridgehead atoms. The van der Waals surface area contributed by atoms with Gasteiger partial charge in [0.05, 0.1) is 16.3 Å². The molecule has 1 aromatic carbocycles. The van der Waals surface area contributed by atoms with Crippen LogP contribution in [0.3, 0.4) is 0 Å². The Labute approximate surface area is 101 Å². The molecule has 0 saturated heterocycles. The molecule has 1 unspecified atom stereocenters. The molecule has 1 aromatic rings. The van der Waals surface area contributed by atoms with Crippen LogP contribution in [0.4, 0.5) is 11.4 Å². The van der Waals surface area contributed by atoms with Crippen molar-refractivity contribution in [3.63, 3.8) is 0 Å². The topological polar surface area (TPSA) is 118 Å². The van der Waals surface area contributed by atoms with Gasteiger partial charge in [-0.3, -0.25) is 0 Å². The summed E-state index contributed by atoms with van der Waals surface area (Å²) in [6, 6.07) is 4.25. The number of primary sulfonamides is 1. The molecule has 7 heteroatoms. The number of rotatable bonds is 5. The molecule has 96 valence electrons. The molecule has 6 nitrogen and oxygen atoms in total. The second kappa shape index (κ2) is 5.35. The molecule has 0 aliphatic rings. The van der Waals surface area contributed by atoms with E-state index < -0.39 is 10.0 Å². The summed E-state index contributed by atoms with van der Waals surface area (Å²) in [6.07, 6.45) is 0. The van der Waals surface area contributed by atoms with E-state index in [4.69, 9.17) is 16.0 Å². The van der Waals surface area contributed by atoms with Crippen molar-refractivity contribution in [1.29, 1.82) is 0 Å². The van der Waals surface area contributed by atoms with Gasteiger partial charge in [-0.2, -0.15) is 0 Å². The third-order valence-corrected chi connectivity index (χ3v) is 3.22. The maximum absolute atomic E-state index is 11.1. The molecule has 0 radical (unpaired) electrons. The minimum atomic E-state index is -3.73. The van der Waals surface area contributed by atoms with Gasteiger partial charge in [0.2, 0.25) is 10.0 Å². The van der Waals surface area contributed by atoms with E-state index in [0.717, 1.165) is 0 Å². The highest BCUT2D eigenvalue weighted by Gasteiger charge is 2.10. The minimum absolute atomic E-state index is 0.0178. The molecule has 0 aromatic heterocycles. The van der Waals surface area contributed by atoms with Crippen LogP contribution in [0.5, 0.6) is 0 Å². The first kappa shape index (κ1) is 13.8. The molecule has 1 rings (SSSR count). The van der Waals surface area contributed by atoms with Crippen molar-refractivity contribution in [3.8, 4) is 0 Å². The Balaban J connectivity index is 2.84. The number of aliphatic hydroxyl groups excluding tert-OH is 1. The molecule has 0 heterocycles. The Morgan fingerprint density at radius 2 is 2.12 bits per heavy atom. The smallest absolute Gasteiger partial charge is 0.238 e. The number of sulfonamides is 1. The monoisotopic (exact) mass is 259 g/mol. The normalized spacial score (nSPS) is 13.4. The van der Waals surface area contributed by atoms with E-state index in [9.17, 15) is 8.42 Å². The van der Waals surface area contributed by atoms with Crippen LogP contribution in [0.25, 0.3) is 0 Å². The Hall–Kier alpha value is -1.31. The summed E-state index contributed by atoms with van der Waals surface area (Å²) in [5, 5.41) is 16.9. The molecular weight excluding hydrogens is 242 g/mol. The van der Waals surface area contributed by atoms with E-state index in [2.05, 4.69) is 5.32 Å². The number of hydrogen-bond acceptors (Lipinski definition) is 5. The Morgan fingerprint density at radius 1 is 1.47 bits per heavy atom. The number of hydrogen-bond donors (Lipinski definition) is 4. The van der Waals surface area contributed by atoms with E-state index in [0.29, 0.717) is 17.9 Å². The maximum Gasteiger partial charge on any atom is 0.238 e. The van der Waals surface area contributed by atoms with Crippen LogP contribution in [0.15, 0.2) is 23.1 Å². The Kier molecular flexibility index (Phi) is 4.33. The Bertz CT molecular complexity index is 488. The summed E-state index contributed by atoms with van der Waals surface area (Å²) in [6.45, 7) is 2.50. The van der Waals surface area contributed by atoms with Gasteiger partial charge in [-0.25, -0.2) is 13.6 Å². The van der Waals surface area contributed by atoms with Crippen molar-refractivity contribution in [3.05, 3.63) is 18.2 Å². The standard InChI is InChI=1S/C10H17N3O3S/c1-7(6-14)5-13-10-3-2-8(4-9(10)11)17(12,15)16/h2-4,7,13-14H,5-6,11H2,1H3,(H2,12,15,16). The number of aliphatic hydroxyl groups is 1. The first-order valence-electron chi connectivity index (χ1n) is 5.11. The molecular formula is C10H17N3O3S. The molecule has 17 heavy (non-hydrogen) atoms. The fourth-order valence-corrected chi connectivity index (χ4v) is 1.78. The van der Waals surface area contributed by atoms with E-state index in [1.165, 1.54) is 12.1 Å². The van der Waals surface area contributed by atoms with Crippen LogP contribution in [-0.2, 0) is 10.0 Å². The van der Waals surface area contributed by atoms with Crippen molar-refractivity contribution in [1.82, 2.24) is 0 Å². The lowest BCUT2D eigenvalue weighted by Crippen LogP contribution is -2.16. The summed E-state index contributed by atoms with van der Waals surface area (Å²) in [7, 11) is -3.73. The fourth-order valence-electron chi connectivity index (χ4n) is 1.23. The molecule has 0 saturated carbocycles. The SMILES string of the molecule is CC(CO)CNc1ccc(S(N)(=O)=O)cc1N. The van der Waals surface area contributed by atoms with Crippen LogP contribution in [0.1, 0.15) is 6.92 Å². The molecule has 0 spiro atoms. The summed E-state index contributed by atoms with van der Waals surface area (Å²) in [5.41, 5.74) is 6.63. The van der Waals surface area contributed by atoms with E-state index in [1.807, 2.05) is 6.92 Å². The second-order valence-corrected chi connectivity index (χ2v) is 5.52. The number of nitrogen functional groups attached to an aromatic ring is 1. The predicted octanol–water partition coefficient (Wildman–Crippen LogP) is -0.0435. The number of anilines is 2. The Morgan fingerprint density at radius 3 is 2.59 bits per heavy atom. The number of nitrogens with two attached hydrogens (primary N) is 2. The van der Waals surface area contributed by atoms with Crippen LogP contribution in [0, 0.1) is 5.92 Å². The van der Waals surface area contributed by atoms with Gasteiger partial charge in [-0.15, -0.1) is 0 Å².